The molecule has 0 amide bonds. The van der Waals surface area contributed by atoms with Crippen LogP contribution < -0.4 is 11.1 Å². The third-order valence-corrected chi connectivity index (χ3v) is 5.52. The fourth-order valence-corrected chi connectivity index (χ4v) is 3.69. The minimum absolute atomic E-state index is 0.227. The van der Waals surface area contributed by atoms with Crippen molar-refractivity contribution in [2.75, 3.05) is 6.54 Å². The minimum atomic E-state index is 0.227. The van der Waals surface area contributed by atoms with E-state index in [4.69, 9.17) is 5.73 Å². The van der Waals surface area contributed by atoms with Crippen LogP contribution in [-0.2, 0) is 6.42 Å². The maximum absolute atomic E-state index is 6.51. The summed E-state index contributed by atoms with van der Waals surface area (Å²) >= 11 is 0. The van der Waals surface area contributed by atoms with Gasteiger partial charge in [-0.15, -0.1) is 0 Å². The highest BCUT2D eigenvalue weighted by atomic mass is 15.0. The van der Waals surface area contributed by atoms with Gasteiger partial charge in [0, 0.05) is 12.1 Å². The zero-order chi connectivity index (χ0) is 17.5. The normalized spacial score (nSPS) is 17.0. The second kappa shape index (κ2) is 9.17. The molecule has 2 aromatic carbocycles. The van der Waals surface area contributed by atoms with E-state index in [9.17, 15) is 0 Å². The second-order valence-corrected chi connectivity index (χ2v) is 7.53. The van der Waals surface area contributed by atoms with Crippen LogP contribution in [0.5, 0.6) is 0 Å². The first-order valence-electron chi connectivity index (χ1n) is 9.89. The molecule has 2 unspecified atom stereocenters. The van der Waals surface area contributed by atoms with E-state index in [2.05, 4.69) is 66.8 Å². The highest BCUT2D eigenvalue weighted by Gasteiger charge is 2.22. The van der Waals surface area contributed by atoms with Crippen molar-refractivity contribution in [3.63, 3.8) is 0 Å². The maximum Gasteiger partial charge on any atom is 0.0259 e. The summed E-state index contributed by atoms with van der Waals surface area (Å²) in [6.45, 7) is 3.35. The van der Waals surface area contributed by atoms with Crippen molar-refractivity contribution in [1.29, 1.82) is 0 Å². The molecule has 0 bridgehead atoms. The van der Waals surface area contributed by atoms with E-state index in [1.54, 1.807) is 0 Å². The molecule has 1 aliphatic carbocycles. The molecule has 1 aliphatic rings. The van der Waals surface area contributed by atoms with Crippen molar-refractivity contribution in [3.8, 4) is 11.1 Å². The first-order chi connectivity index (χ1) is 12.3. The van der Waals surface area contributed by atoms with Crippen LogP contribution in [0.1, 0.15) is 44.6 Å². The van der Waals surface area contributed by atoms with E-state index in [0.717, 1.165) is 31.7 Å². The molecule has 1 fully saturated rings. The predicted octanol–water partition coefficient (Wildman–Crippen LogP) is 4.78. The minimum Gasteiger partial charge on any atom is -0.326 e. The zero-order valence-corrected chi connectivity index (χ0v) is 15.5. The molecule has 2 heteroatoms. The van der Waals surface area contributed by atoms with E-state index >= 15 is 0 Å². The van der Waals surface area contributed by atoms with Crippen LogP contribution in [0.4, 0.5) is 0 Å². The SMILES string of the molecule is CCCC(N)C(Cc1cccc(-c2ccccc2)c1)NCC1CCC1. The Morgan fingerprint density at radius 3 is 2.48 bits per heavy atom. The van der Waals surface area contributed by atoms with Crippen LogP contribution in [0.25, 0.3) is 11.1 Å². The lowest BCUT2D eigenvalue weighted by molar-refractivity contribution is 0.276. The standard InChI is InChI=1S/C23H32N2/c1-2-8-22(24)23(25-17-18-9-6-10-18)16-19-11-7-14-21(15-19)20-12-4-3-5-13-20/h3-5,7,11-15,18,22-23,25H,2,6,8-10,16-17,24H2,1H3. The van der Waals surface area contributed by atoms with Crippen molar-refractivity contribution in [2.45, 2.75) is 57.5 Å². The van der Waals surface area contributed by atoms with Gasteiger partial charge in [0.25, 0.3) is 0 Å². The Bertz CT molecular complexity index is 634. The van der Waals surface area contributed by atoms with E-state index in [1.165, 1.54) is 36.0 Å². The third kappa shape index (κ3) is 5.17. The average Bonchev–Trinajstić information content (AvgIpc) is 2.61. The van der Waals surface area contributed by atoms with Gasteiger partial charge in [-0.3, -0.25) is 0 Å². The van der Waals surface area contributed by atoms with Gasteiger partial charge in [-0.05, 0) is 54.8 Å². The van der Waals surface area contributed by atoms with E-state index in [-0.39, 0.29) is 6.04 Å². The topological polar surface area (TPSA) is 38.0 Å². The molecule has 3 N–H and O–H groups in total. The van der Waals surface area contributed by atoms with Gasteiger partial charge in [-0.25, -0.2) is 0 Å². The number of nitrogens with two attached hydrogens (primary N) is 1. The van der Waals surface area contributed by atoms with Crippen molar-refractivity contribution in [3.05, 3.63) is 60.2 Å². The number of rotatable bonds is 9. The Balaban J connectivity index is 1.69. The third-order valence-electron chi connectivity index (χ3n) is 5.52. The molecule has 0 aliphatic heterocycles. The fourth-order valence-electron chi connectivity index (χ4n) is 3.69. The van der Waals surface area contributed by atoms with E-state index in [1.807, 2.05) is 0 Å². The van der Waals surface area contributed by atoms with Gasteiger partial charge < -0.3 is 11.1 Å². The van der Waals surface area contributed by atoms with Gasteiger partial charge in [0.1, 0.15) is 0 Å². The van der Waals surface area contributed by atoms with E-state index < -0.39 is 0 Å². The number of hydrogen-bond acceptors (Lipinski definition) is 2. The summed E-state index contributed by atoms with van der Waals surface area (Å²) in [5, 5.41) is 3.79. The average molecular weight is 337 g/mol. The zero-order valence-electron chi connectivity index (χ0n) is 15.5. The van der Waals surface area contributed by atoms with Gasteiger partial charge in [-0.1, -0.05) is 74.4 Å². The molecular formula is C23H32N2. The molecule has 0 spiro atoms. The summed E-state index contributed by atoms with van der Waals surface area (Å²) in [5.74, 6) is 0.868. The monoisotopic (exact) mass is 336 g/mol. The Morgan fingerprint density at radius 1 is 1.04 bits per heavy atom. The summed E-state index contributed by atoms with van der Waals surface area (Å²) in [7, 11) is 0. The fraction of sp³-hybridized carbons (Fsp3) is 0.478. The van der Waals surface area contributed by atoms with E-state index in [0.29, 0.717) is 6.04 Å². The summed E-state index contributed by atoms with van der Waals surface area (Å²) in [6, 6.07) is 20.1. The lowest BCUT2D eigenvalue weighted by Gasteiger charge is -2.31. The van der Waals surface area contributed by atoms with Crippen LogP contribution in [0.3, 0.4) is 0 Å². The predicted molar refractivity (Wildman–Crippen MR) is 108 cm³/mol. The van der Waals surface area contributed by atoms with Crippen molar-refractivity contribution in [2.24, 2.45) is 11.7 Å². The molecule has 0 aromatic heterocycles. The molecule has 2 aromatic rings. The van der Waals surface area contributed by atoms with Crippen LogP contribution >= 0.6 is 0 Å². The molecular weight excluding hydrogens is 304 g/mol. The van der Waals surface area contributed by atoms with Crippen molar-refractivity contribution < 1.29 is 0 Å². The summed E-state index contributed by atoms with van der Waals surface area (Å²) < 4.78 is 0. The Labute approximate surface area is 152 Å². The largest absolute Gasteiger partial charge is 0.326 e. The molecule has 3 rings (SSSR count). The lowest BCUT2D eigenvalue weighted by Crippen LogP contribution is -2.48. The van der Waals surface area contributed by atoms with Crippen molar-refractivity contribution in [1.82, 2.24) is 5.32 Å². The van der Waals surface area contributed by atoms with Gasteiger partial charge >= 0.3 is 0 Å². The van der Waals surface area contributed by atoms with Gasteiger partial charge in [0.2, 0.25) is 0 Å². The molecule has 25 heavy (non-hydrogen) atoms. The summed E-state index contributed by atoms with van der Waals surface area (Å²) in [6.07, 6.45) is 7.40. The van der Waals surface area contributed by atoms with Gasteiger partial charge in [-0.2, -0.15) is 0 Å². The molecule has 0 heterocycles. The van der Waals surface area contributed by atoms with Gasteiger partial charge in [0.15, 0.2) is 0 Å². The molecule has 2 nitrogen and oxygen atoms in total. The molecule has 1 saturated carbocycles. The summed E-state index contributed by atoms with van der Waals surface area (Å²) in [4.78, 5) is 0. The molecule has 0 radical (unpaired) electrons. The quantitative estimate of drug-likeness (QED) is 0.691. The Hall–Kier alpha value is -1.64. The first-order valence-corrected chi connectivity index (χ1v) is 9.89. The molecule has 134 valence electrons. The number of benzene rings is 2. The van der Waals surface area contributed by atoms with Crippen molar-refractivity contribution >= 4 is 0 Å². The van der Waals surface area contributed by atoms with Crippen LogP contribution in [-0.4, -0.2) is 18.6 Å². The van der Waals surface area contributed by atoms with Crippen LogP contribution in [0, 0.1) is 5.92 Å². The Kier molecular flexibility index (Phi) is 6.66. The second-order valence-electron chi connectivity index (χ2n) is 7.53. The summed E-state index contributed by atoms with van der Waals surface area (Å²) in [5.41, 5.74) is 10.5. The molecule has 2 atom stereocenters. The number of hydrogen-bond donors (Lipinski definition) is 2. The van der Waals surface area contributed by atoms with Crippen LogP contribution in [0.15, 0.2) is 54.6 Å². The van der Waals surface area contributed by atoms with Crippen LogP contribution in [0.2, 0.25) is 0 Å². The lowest BCUT2D eigenvalue weighted by atomic mass is 9.85. The smallest absolute Gasteiger partial charge is 0.0259 e. The highest BCUT2D eigenvalue weighted by molar-refractivity contribution is 5.63. The number of nitrogens with one attached hydrogen (secondary N) is 1. The Morgan fingerprint density at radius 2 is 1.80 bits per heavy atom. The highest BCUT2D eigenvalue weighted by Crippen LogP contribution is 2.26. The first kappa shape index (κ1) is 18.2. The van der Waals surface area contributed by atoms with Gasteiger partial charge in [0.05, 0.1) is 0 Å². The molecule has 0 saturated heterocycles. The maximum atomic E-state index is 6.51.